The summed E-state index contributed by atoms with van der Waals surface area (Å²) >= 11 is 0. The normalized spacial score (nSPS) is 44.4. The second-order valence-corrected chi connectivity index (χ2v) is 8.03. The molecule has 4 nitrogen and oxygen atoms in total. The third-order valence-corrected chi connectivity index (χ3v) is 6.53. The summed E-state index contributed by atoms with van der Waals surface area (Å²) in [6.07, 6.45) is 13.5. The highest BCUT2D eigenvalue weighted by atomic mass is 16.6. The SMILES string of the molecule is O=C(O)C1(CCC2OC2CC2CCCCC2)CCC2OC2C1. The minimum atomic E-state index is -0.620. The van der Waals surface area contributed by atoms with Crippen LogP contribution in [0.25, 0.3) is 0 Å². The monoisotopic (exact) mass is 308 g/mol. The third kappa shape index (κ3) is 3.05. The lowest BCUT2D eigenvalue weighted by Gasteiger charge is -2.31. The van der Waals surface area contributed by atoms with Gasteiger partial charge in [0.15, 0.2) is 0 Å². The molecule has 2 saturated carbocycles. The molecule has 2 saturated heterocycles. The first-order valence-corrected chi connectivity index (χ1v) is 9.21. The average molecular weight is 308 g/mol. The van der Waals surface area contributed by atoms with E-state index in [1.807, 2.05) is 0 Å². The number of carbonyl (C=O) groups is 1. The Morgan fingerprint density at radius 1 is 1.05 bits per heavy atom. The zero-order valence-electron chi connectivity index (χ0n) is 13.3. The Labute approximate surface area is 132 Å². The van der Waals surface area contributed by atoms with Gasteiger partial charge in [0.2, 0.25) is 0 Å². The lowest BCUT2D eigenvalue weighted by Crippen LogP contribution is -2.36. The van der Waals surface area contributed by atoms with E-state index in [1.54, 1.807) is 0 Å². The molecule has 0 bridgehead atoms. The molecule has 0 spiro atoms. The van der Waals surface area contributed by atoms with E-state index < -0.39 is 11.4 Å². The largest absolute Gasteiger partial charge is 0.481 e. The second kappa shape index (κ2) is 5.79. The highest BCUT2D eigenvalue weighted by molar-refractivity contribution is 5.75. The zero-order valence-corrected chi connectivity index (χ0v) is 13.3. The van der Waals surface area contributed by atoms with Gasteiger partial charge in [-0.15, -0.1) is 0 Å². The summed E-state index contributed by atoms with van der Waals surface area (Å²) in [7, 11) is 0. The van der Waals surface area contributed by atoms with Gasteiger partial charge in [0, 0.05) is 0 Å². The molecule has 5 atom stereocenters. The summed E-state index contributed by atoms with van der Waals surface area (Å²) in [4.78, 5) is 11.8. The molecule has 0 aromatic heterocycles. The van der Waals surface area contributed by atoms with Crippen LogP contribution in [0, 0.1) is 11.3 Å². The van der Waals surface area contributed by atoms with Crippen LogP contribution in [-0.2, 0) is 14.3 Å². The van der Waals surface area contributed by atoms with Crippen molar-refractivity contribution in [2.75, 3.05) is 0 Å². The number of rotatable bonds is 6. The molecule has 0 radical (unpaired) electrons. The zero-order chi connectivity index (χ0) is 15.2. The first-order chi connectivity index (χ1) is 10.7. The van der Waals surface area contributed by atoms with Crippen molar-refractivity contribution in [1.29, 1.82) is 0 Å². The lowest BCUT2D eigenvalue weighted by atomic mass is 9.71. The van der Waals surface area contributed by atoms with Gasteiger partial charge in [-0.25, -0.2) is 0 Å². The maximum absolute atomic E-state index is 11.8. The molecule has 2 aliphatic carbocycles. The minimum Gasteiger partial charge on any atom is -0.481 e. The molecular weight excluding hydrogens is 280 g/mol. The van der Waals surface area contributed by atoms with Crippen molar-refractivity contribution in [3.63, 3.8) is 0 Å². The quantitative estimate of drug-likeness (QED) is 0.763. The van der Waals surface area contributed by atoms with Gasteiger partial charge < -0.3 is 14.6 Å². The standard InChI is InChI=1S/C18H28O4/c19-17(20)18(9-7-14-16(11-18)22-14)8-6-13-15(21-13)10-12-4-2-1-3-5-12/h12-16H,1-11H2,(H,19,20). The van der Waals surface area contributed by atoms with Gasteiger partial charge in [-0.2, -0.15) is 0 Å². The van der Waals surface area contributed by atoms with Crippen LogP contribution in [0.3, 0.4) is 0 Å². The topological polar surface area (TPSA) is 62.4 Å². The van der Waals surface area contributed by atoms with Crippen LogP contribution in [0.2, 0.25) is 0 Å². The van der Waals surface area contributed by atoms with Crippen molar-refractivity contribution in [2.45, 2.75) is 95.0 Å². The van der Waals surface area contributed by atoms with E-state index in [0.29, 0.717) is 24.7 Å². The Hall–Kier alpha value is -0.610. The fourth-order valence-electron chi connectivity index (χ4n) is 4.86. The minimum absolute atomic E-state index is 0.225. The van der Waals surface area contributed by atoms with Gasteiger partial charge in [0.1, 0.15) is 0 Å². The molecule has 0 aromatic rings. The van der Waals surface area contributed by atoms with Crippen molar-refractivity contribution in [3.05, 3.63) is 0 Å². The molecule has 4 fully saturated rings. The summed E-state index contributed by atoms with van der Waals surface area (Å²) in [5.41, 5.74) is -0.543. The van der Waals surface area contributed by atoms with E-state index >= 15 is 0 Å². The number of aliphatic carboxylic acids is 1. The van der Waals surface area contributed by atoms with Crippen LogP contribution in [0.4, 0.5) is 0 Å². The van der Waals surface area contributed by atoms with E-state index in [1.165, 1.54) is 38.5 Å². The molecule has 4 rings (SSSR count). The Morgan fingerprint density at radius 2 is 1.86 bits per heavy atom. The molecule has 22 heavy (non-hydrogen) atoms. The fraction of sp³-hybridized carbons (Fsp3) is 0.944. The Kier molecular flexibility index (Phi) is 3.93. The molecular formula is C18H28O4. The van der Waals surface area contributed by atoms with Crippen molar-refractivity contribution in [2.24, 2.45) is 11.3 Å². The van der Waals surface area contributed by atoms with Crippen LogP contribution >= 0.6 is 0 Å². The molecule has 124 valence electrons. The number of carboxylic acid groups (broad SMARTS) is 1. The van der Waals surface area contributed by atoms with Gasteiger partial charge in [-0.3, -0.25) is 4.79 Å². The van der Waals surface area contributed by atoms with E-state index in [2.05, 4.69) is 0 Å². The van der Waals surface area contributed by atoms with Crippen molar-refractivity contribution >= 4 is 5.97 Å². The molecule has 1 N–H and O–H groups in total. The van der Waals surface area contributed by atoms with Gasteiger partial charge in [0.05, 0.1) is 29.8 Å². The molecule has 4 heteroatoms. The second-order valence-electron chi connectivity index (χ2n) is 8.03. The molecule has 0 amide bonds. The predicted octanol–water partition coefficient (Wildman–Crippen LogP) is 3.53. The van der Waals surface area contributed by atoms with E-state index in [4.69, 9.17) is 9.47 Å². The summed E-state index contributed by atoms with van der Waals surface area (Å²) in [6.45, 7) is 0. The van der Waals surface area contributed by atoms with E-state index in [0.717, 1.165) is 31.6 Å². The number of carboxylic acids is 1. The Morgan fingerprint density at radius 3 is 2.59 bits per heavy atom. The van der Waals surface area contributed by atoms with E-state index in [-0.39, 0.29) is 6.10 Å². The number of ether oxygens (including phenoxy) is 2. The number of fused-ring (bicyclic) bond motifs is 1. The smallest absolute Gasteiger partial charge is 0.309 e. The summed E-state index contributed by atoms with van der Waals surface area (Å²) in [5, 5.41) is 9.69. The third-order valence-electron chi connectivity index (χ3n) is 6.53. The van der Waals surface area contributed by atoms with Crippen LogP contribution in [0.1, 0.15) is 70.6 Å². The molecule has 2 aliphatic heterocycles. The summed E-state index contributed by atoms with van der Waals surface area (Å²) in [6, 6.07) is 0. The van der Waals surface area contributed by atoms with Gasteiger partial charge in [-0.05, 0) is 44.4 Å². The molecule has 4 aliphatic rings. The maximum atomic E-state index is 11.8. The summed E-state index contributed by atoms with van der Waals surface area (Å²) in [5.74, 6) is 0.235. The molecule has 2 heterocycles. The Balaban J connectivity index is 1.24. The highest BCUT2D eigenvalue weighted by Crippen LogP contribution is 2.50. The van der Waals surface area contributed by atoms with Crippen LogP contribution in [0.5, 0.6) is 0 Å². The van der Waals surface area contributed by atoms with Gasteiger partial charge in [-0.1, -0.05) is 32.1 Å². The number of hydrogen-bond acceptors (Lipinski definition) is 3. The van der Waals surface area contributed by atoms with Crippen molar-refractivity contribution in [1.82, 2.24) is 0 Å². The van der Waals surface area contributed by atoms with Crippen molar-refractivity contribution < 1.29 is 19.4 Å². The number of epoxide rings is 2. The average Bonchev–Trinajstić information content (AvgIpc) is 3.41. The predicted molar refractivity (Wildman–Crippen MR) is 81.7 cm³/mol. The number of hydrogen-bond donors (Lipinski definition) is 1. The lowest BCUT2D eigenvalue weighted by molar-refractivity contribution is -0.151. The molecule has 0 aromatic carbocycles. The first kappa shape index (κ1) is 14.9. The first-order valence-electron chi connectivity index (χ1n) is 9.21. The Bertz CT molecular complexity index is 431. The van der Waals surface area contributed by atoms with Gasteiger partial charge in [0.25, 0.3) is 0 Å². The van der Waals surface area contributed by atoms with Crippen molar-refractivity contribution in [3.8, 4) is 0 Å². The maximum Gasteiger partial charge on any atom is 0.309 e. The van der Waals surface area contributed by atoms with Crippen LogP contribution in [-0.4, -0.2) is 35.5 Å². The van der Waals surface area contributed by atoms with Gasteiger partial charge >= 0.3 is 5.97 Å². The van der Waals surface area contributed by atoms with Crippen LogP contribution < -0.4 is 0 Å². The van der Waals surface area contributed by atoms with Crippen LogP contribution in [0.15, 0.2) is 0 Å². The highest BCUT2D eigenvalue weighted by Gasteiger charge is 2.54. The van der Waals surface area contributed by atoms with E-state index in [9.17, 15) is 9.90 Å². The summed E-state index contributed by atoms with van der Waals surface area (Å²) < 4.78 is 11.4. The fourth-order valence-corrected chi connectivity index (χ4v) is 4.86. The molecule has 5 unspecified atom stereocenters.